The highest BCUT2D eigenvalue weighted by Crippen LogP contribution is 2.30. The number of hydrogen-bond donors (Lipinski definition) is 2. The molecule has 2 N–H and O–H groups in total. The van der Waals surface area contributed by atoms with Crippen LogP contribution in [-0.4, -0.2) is 54.1 Å². The minimum Gasteiger partial charge on any atom is -0.490 e. The van der Waals surface area contributed by atoms with Crippen molar-refractivity contribution in [3.05, 3.63) is 45.1 Å². The number of ether oxygens (including phenoxy) is 1. The van der Waals surface area contributed by atoms with Gasteiger partial charge in [0.1, 0.15) is 5.82 Å². The SMILES string of the molecule is COc1cc(C(=O)N[C@H]2CC[C@@H](Nc3nc4c(c(N(C)C)n3)CCCC4)CC2)ccc1[N+](=O)[O-]. The van der Waals surface area contributed by atoms with E-state index in [4.69, 9.17) is 14.7 Å². The molecule has 34 heavy (non-hydrogen) atoms. The van der Waals surface area contributed by atoms with E-state index in [0.717, 1.165) is 50.0 Å². The maximum atomic E-state index is 12.7. The molecule has 1 heterocycles. The predicted octanol–water partition coefficient (Wildman–Crippen LogP) is 3.49. The second-order valence-corrected chi connectivity index (χ2v) is 9.21. The molecule has 1 aromatic heterocycles. The van der Waals surface area contributed by atoms with Gasteiger partial charge in [0.25, 0.3) is 5.91 Å². The van der Waals surface area contributed by atoms with Gasteiger partial charge in [-0.2, -0.15) is 4.98 Å². The highest BCUT2D eigenvalue weighted by Gasteiger charge is 2.26. The van der Waals surface area contributed by atoms with E-state index in [1.807, 2.05) is 14.1 Å². The third-order valence-electron chi connectivity index (χ3n) is 6.62. The van der Waals surface area contributed by atoms with Crippen LogP contribution in [0.5, 0.6) is 5.75 Å². The highest BCUT2D eigenvalue weighted by atomic mass is 16.6. The second kappa shape index (κ2) is 10.2. The van der Waals surface area contributed by atoms with Crippen LogP contribution in [0.1, 0.15) is 60.1 Å². The Morgan fingerprint density at radius 2 is 1.82 bits per heavy atom. The van der Waals surface area contributed by atoms with Crippen LogP contribution in [0, 0.1) is 10.1 Å². The van der Waals surface area contributed by atoms with E-state index >= 15 is 0 Å². The summed E-state index contributed by atoms with van der Waals surface area (Å²) in [7, 11) is 5.40. The number of carbonyl (C=O) groups excluding carboxylic acids is 1. The summed E-state index contributed by atoms with van der Waals surface area (Å²) in [6, 6.07) is 4.47. The molecule has 10 heteroatoms. The lowest BCUT2D eigenvalue weighted by Gasteiger charge is -2.30. The van der Waals surface area contributed by atoms with Crippen LogP contribution in [0.3, 0.4) is 0 Å². The zero-order valence-electron chi connectivity index (χ0n) is 20.0. The Morgan fingerprint density at radius 1 is 1.12 bits per heavy atom. The van der Waals surface area contributed by atoms with Crippen LogP contribution in [0.15, 0.2) is 18.2 Å². The largest absolute Gasteiger partial charge is 0.490 e. The Kier molecular flexibility index (Phi) is 7.14. The Morgan fingerprint density at radius 3 is 2.50 bits per heavy atom. The first kappa shape index (κ1) is 23.7. The lowest BCUT2D eigenvalue weighted by atomic mass is 9.91. The van der Waals surface area contributed by atoms with Gasteiger partial charge in [0.2, 0.25) is 5.95 Å². The van der Waals surface area contributed by atoms with Crippen molar-refractivity contribution in [3.8, 4) is 5.75 Å². The number of hydrogen-bond acceptors (Lipinski definition) is 8. The fourth-order valence-corrected chi connectivity index (χ4v) is 4.81. The number of rotatable bonds is 7. The van der Waals surface area contributed by atoms with Gasteiger partial charge in [-0.25, -0.2) is 4.98 Å². The molecule has 0 spiro atoms. The minimum absolute atomic E-state index is 0.0496. The Hall–Kier alpha value is -3.43. The summed E-state index contributed by atoms with van der Waals surface area (Å²) in [6.07, 6.45) is 7.85. The number of nitro benzene ring substituents is 1. The van der Waals surface area contributed by atoms with Gasteiger partial charge >= 0.3 is 5.69 Å². The number of nitro groups is 1. The zero-order chi connectivity index (χ0) is 24.2. The van der Waals surface area contributed by atoms with E-state index in [-0.39, 0.29) is 29.4 Å². The fraction of sp³-hybridized carbons (Fsp3) is 0.542. The topological polar surface area (TPSA) is 123 Å². The Bertz CT molecular complexity index is 1070. The number of anilines is 2. The second-order valence-electron chi connectivity index (χ2n) is 9.21. The number of aromatic nitrogens is 2. The number of amides is 1. The molecule has 0 unspecified atom stereocenters. The van der Waals surface area contributed by atoms with Gasteiger partial charge in [0.15, 0.2) is 5.75 Å². The Balaban J connectivity index is 1.35. The van der Waals surface area contributed by atoms with Gasteiger partial charge < -0.3 is 20.3 Å². The van der Waals surface area contributed by atoms with E-state index in [1.54, 1.807) is 0 Å². The molecule has 1 fully saturated rings. The third kappa shape index (κ3) is 5.21. The van der Waals surface area contributed by atoms with Crippen molar-refractivity contribution in [3.63, 3.8) is 0 Å². The predicted molar refractivity (Wildman–Crippen MR) is 130 cm³/mol. The molecule has 1 saturated carbocycles. The van der Waals surface area contributed by atoms with Crippen LogP contribution in [0.2, 0.25) is 0 Å². The molecule has 1 aromatic carbocycles. The number of nitrogens with one attached hydrogen (secondary N) is 2. The molecule has 0 radical (unpaired) electrons. The van der Waals surface area contributed by atoms with Gasteiger partial charge in [-0.15, -0.1) is 0 Å². The minimum atomic E-state index is -0.525. The number of methoxy groups -OCH3 is 1. The lowest BCUT2D eigenvalue weighted by molar-refractivity contribution is -0.385. The molecule has 0 aliphatic heterocycles. The monoisotopic (exact) mass is 468 g/mol. The molecule has 4 rings (SSSR count). The first-order valence-corrected chi connectivity index (χ1v) is 11.8. The van der Waals surface area contributed by atoms with Gasteiger partial charge in [0.05, 0.1) is 17.7 Å². The maximum Gasteiger partial charge on any atom is 0.310 e. The number of carbonyl (C=O) groups is 1. The molecular weight excluding hydrogens is 436 g/mol. The third-order valence-corrected chi connectivity index (χ3v) is 6.62. The van der Waals surface area contributed by atoms with Crippen LogP contribution >= 0.6 is 0 Å². The first-order valence-electron chi connectivity index (χ1n) is 11.8. The fourth-order valence-electron chi connectivity index (χ4n) is 4.81. The van der Waals surface area contributed by atoms with Crippen molar-refractivity contribution in [2.75, 3.05) is 31.4 Å². The average molecular weight is 469 g/mol. The summed E-state index contributed by atoms with van der Waals surface area (Å²) in [5, 5.41) is 17.6. The smallest absolute Gasteiger partial charge is 0.310 e. The number of aryl methyl sites for hydroxylation is 1. The number of nitrogens with zero attached hydrogens (tertiary/aromatic N) is 4. The van der Waals surface area contributed by atoms with E-state index < -0.39 is 4.92 Å². The van der Waals surface area contributed by atoms with Crippen molar-refractivity contribution in [1.82, 2.24) is 15.3 Å². The van der Waals surface area contributed by atoms with E-state index in [1.165, 1.54) is 43.7 Å². The summed E-state index contributed by atoms with van der Waals surface area (Å²) in [4.78, 5) is 34.9. The van der Waals surface area contributed by atoms with Crippen molar-refractivity contribution in [2.45, 2.75) is 63.5 Å². The maximum absolute atomic E-state index is 12.7. The van der Waals surface area contributed by atoms with Crippen LogP contribution in [-0.2, 0) is 12.8 Å². The van der Waals surface area contributed by atoms with Crippen LogP contribution < -0.4 is 20.3 Å². The van der Waals surface area contributed by atoms with Gasteiger partial charge in [-0.1, -0.05) is 0 Å². The summed E-state index contributed by atoms with van der Waals surface area (Å²) in [6.45, 7) is 0. The van der Waals surface area contributed by atoms with Crippen molar-refractivity contribution >= 4 is 23.4 Å². The summed E-state index contributed by atoms with van der Waals surface area (Å²) < 4.78 is 5.07. The summed E-state index contributed by atoms with van der Waals surface area (Å²) in [5.74, 6) is 1.52. The molecule has 0 atom stereocenters. The highest BCUT2D eigenvalue weighted by molar-refractivity contribution is 5.95. The molecule has 10 nitrogen and oxygen atoms in total. The molecule has 0 saturated heterocycles. The summed E-state index contributed by atoms with van der Waals surface area (Å²) in [5.41, 5.74) is 2.62. The molecule has 2 aliphatic carbocycles. The number of fused-ring (bicyclic) bond motifs is 1. The molecule has 0 bridgehead atoms. The normalized spacial score (nSPS) is 19.6. The van der Waals surface area contributed by atoms with Gasteiger partial charge in [0, 0.05) is 49.4 Å². The average Bonchev–Trinajstić information content (AvgIpc) is 2.84. The standard InChI is InChI=1S/C24H32N6O4/c1-29(2)22-18-6-4-5-7-19(18)27-24(28-22)26-17-11-9-16(10-12-17)25-23(31)15-8-13-20(30(32)33)21(14-15)34-3/h8,13-14,16-17H,4-7,9-12H2,1-3H3,(H,25,31)(H,26,27,28)/t16-,17+. The van der Waals surface area contributed by atoms with E-state index in [9.17, 15) is 14.9 Å². The number of benzene rings is 1. The summed E-state index contributed by atoms with van der Waals surface area (Å²) >= 11 is 0. The molecular formula is C24H32N6O4. The molecule has 2 aliphatic rings. The van der Waals surface area contributed by atoms with Gasteiger partial charge in [-0.05, 0) is 57.4 Å². The van der Waals surface area contributed by atoms with Crippen LogP contribution in [0.25, 0.3) is 0 Å². The molecule has 182 valence electrons. The zero-order valence-corrected chi connectivity index (χ0v) is 20.0. The van der Waals surface area contributed by atoms with E-state index in [0.29, 0.717) is 11.5 Å². The lowest BCUT2D eigenvalue weighted by Crippen LogP contribution is -2.40. The van der Waals surface area contributed by atoms with Crippen molar-refractivity contribution < 1.29 is 14.5 Å². The van der Waals surface area contributed by atoms with E-state index in [2.05, 4.69) is 15.5 Å². The van der Waals surface area contributed by atoms with Crippen molar-refractivity contribution in [1.29, 1.82) is 0 Å². The molecule has 2 aromatic rings. The quantitative estimate of drug-likeness (QED) is 0.468. The van der Waals surface area contributed by atoms with Gasteiger partial charge in [-0.3, -0.25) is 14.9 Å². The first-order chi connectivity index (χ1) is 16.4. The molecule has 1 amide bonds. The Labute approximate surface area is 199 Å². The van der Waals surface area contributed by atoms with Crippen LogP contribution in [0.4, 0.5) is 17.5 Å². The van der Waals surface area contributed by atoms with Crippen molar-refractivity contribution in [2.24, 2.45) is 0 Å².